The Morgan fingerprint density at radius 2 is 1.82 bits per heavy atom. The van der Waals surface area contributed by atoms with E-state index in [1.165, 1.54) is 12.1 Å². The van der Waals surface area contributed by atoms with Crippen molar-refractivity contribution in [3.05, 3.63) is 98.7 Å². The number of pyridine rings is 1. The number of benzene rings is 2. The number of rotatable bonds is 6. The Labute approximate surface area is 162 Å². The van der Waals surface area contributed by atoms with Crippen LogP contribution in [0.25, 0.3) is 0 Å². The van der Waals surface area contributed by atoms with E-state index in [1.807, 2.05) is 19.9 Å². The molecule has 0 spiro atoms. The van der Waals surface area contributed by atoms with Crippen molar-refractivity contribution in [1.29, 1.82) is 0 Å². The largest absolute Gasteiger partial charge is 0.488 e. The first kappa shape index (κ1) is 19.4. The normalized spacial score (nSPS) is 10.5. The Hall–Kier alpha value is -3.41. The fourth-order valence-electron chi connectivity index (χ4n) is 2.89. The van der Waals surface area contributed by atoms with E-state index < -0.39 is 0 Å². The summed E-state index contributed by atoms with van der Waals surface area (Å²) in [4.78, 5) is 27.5. The monoisotopic (exact) mass is 380 g/mol. The van der Waals surface area contributed by atoms with Gasteiger partial charge in [0, 0.05) is 17.8 Å². The quantitative estimate of drug-likeness (QED) is 0.686. The molecule has 2 aromatic carbocycles. The van der Waals surface area contributed by atoms with Crippen LogP contribution in [-0.2, 0) is 13.2 Å². The maximum Gasteiger partial charge on any atom is 0.255 e. The predicted octanol–water partition coefficient (Wildman–Crippen LogP) is 3.64. The van der Waals surface area contributed by atoms with E-state index in [-0.39, 0.29) is 30.4 Å². The highest BCUT2D eigenvalue weighted by atomic mass is 19.1. The number of amides is 1. The van der Waals surface area contributed by atoms with E-state index in [1.54, 1.807) is 36.4 Å². The molecule has 6 heteroatoms. The van der Waals surface area contributed by atoms with Gasteiger partial charge in [-0.2, -0.15) is 0 Å². The van der Waals surface area contributed by atoms with Crippen LogP contribution >= 0.6 is 0 Å². The van der Waals surface area contributed by atoms with Crippen molar-refractivity contribution in [3.63, 3.8) is 0 Å². The summed E-state index contributed by atoms with van der Waals surface area (Å²) in [6.45, 7) is 3.98. The van der Waals surface area contributed by atoms with Crippen molar-refractivity contribution in [2.75, 3.05) is 0 Å². The van der Waals surface area contributed by atoms with E-state index in [2.05, 4.69) is 10.3 Å². The summed E-state index contributed by atoms with van der Waals surface area (Å²) in [6, 6.07) is 14.7. The number of aryl methyl sites for hydroxylation is 2. The first-order valence-electron chi connectivity index (χ1n) is 8.88. The minimum atomic E-state index is -0.339. The number of H-pyrrole nitrogens is 1. The van der Waals surface area contributed by atoms with E-state index in [4.69, 9.17) is 4.74 Å². The third kappa shape index (κ3) is 4.65. The van der Waals surface area contributed by atoms with E-state index in [0.717, 1.165) is 16.8 Å². The Balaban J connectivity index is 1.70. The molecule has 5 nitrogen and oxygen atoms in total. The van der Waals surface area contributed by atoms with Crippen molar-refractivity contribution >= 4 is 5.91 Å². The van der Waals surface area contributed by atoms with Crippen LogP contribution in [0, 0.1) is 19.7 Å². The molecule has 28 heavy (non-hydrogen) atoms. The number of hydrogen-bond acceptors (Lipinski definition) is 3. The topological polar surface area (TPSA) is 71.2 Å². The number of para-hydroxylation sites is 1. The van der Waals surface area contributed by atoms with Gasteiger partial charge in [-0.3, -0.25) is 9.59 Å². The smallest absolute Gasteiger partial charge is 0.255 e. The average molecular weight is 380 g/mol. The number of ether oxygens (including phenoxy) is 1. The van der Waals surface area contributed by atoms with Crippen LogP contribution in [0.4, 0.5) is 4.39 Å². The second kappa shape index (κ2) is 8.52. The molecular weight excluding hydrogens is 359 g/mol. The van der Waals surface area contributed by atoms with Crippen molar-refractivity contribution in [2.45, 2.75) is 27.0 Å². The first-order chi connectivity index (χ1) is 13.4. The van der Waals surface area contributed by atoms with Crippen LogP contribution in [-0.4, -0.2) is 10.9 Å². The van der Waals surface area contributed by atoms with Gasteiger partial charge in [0.1, 0.15) is 18.2 Å². The maximum absolute atomic E-state index is 13.0. The molecule has 1 amide bonds. The third-order valence-corrected chi connectivity index (χ3v) is 4.36. The van der Waals surface area contributed by atoms with E-state index >= 15 is 0 Å². The zero-order chi connectivity index (χ0) is 20.1. The van der Waals surface area contributed by atoms with Crippen LogP contribution in [0.3, 0.4) is 0 Å². The summed E-state index contributed by atoms with van der Waals surface area (Å²) in [5, 5.41) is 2.77. The van der Waals surface area contributed by atoms with Crippen LogP contribution in [0.2, 0.25) is 0 Å². The second-order valence-electron chi connectivity index (χ2n) is 6.54. The highest BCUT2D eigenvalue weighted by molar-refractivity contribution is 5.96. The molecule has 0 aliphatic carbocycles. The zero-order valence-corrected chi connectivity index (χ0v) is 15.7. The van der Waals surface area contributed by atoms with Crippen LogP contribution in [0.1, 0.15) is 32.7 Å². The molecule has 0 unspecified atom stereocenters. The predicted molar refractivity (Wildman–Crippen MR) is 105 cm³/mol. The number of halogens is 1. The van der Waals surface area contributed by atoms with Gasteiger partial charge in [0.05, 0.1) is 5.56 Å². The van der Waals surface area contributed by atoms with Gasteiger partial charge in [0.15, 0.2) is 0 Å². The van der Waals surface area contributed by atoms with Crippen LogP contribution in [0.5, 0.6) is 5.75 Å². The van der Waals surface area contributed by atoms with Crippen molar-refractivity contribution in [3.8, 4) is 5.75 Å². The maximum atomic E-state index is 13.0. The molecule has 0 aliphatic rings. The van der Waals surface area contributed by atoms with Crippen LogP contribution < -0.4 is 15.6 Å². The SMILES string of the molecule is Cc1cc(C)c(CNC(=O)c2ccccc2OCc2ccc(F)cc2)c(=O)[nH]1. The minimum absolute atomic E-state index is 0.118. The summed E-state index contributed by atoms with van der Waals surface area (Å²) in [6.07, 6.45) is 0. The number of nitrogens with one attached hydrogen (secondary N) is 2. The highest BCUT2D eigenvalue weighted by Crippen LogP contribution is 2.19. The molecule has 144 valence electrons. The van der Waals surface area contributed by atoms with Gasteiger partial charge in [-0.1, -0.05) is 24.3 Å². The van der Waals surface area contributed by atoms with Gasteiger partial charge in [0.25, 0.3) is 11.5 Å². The number of carbonyl (C=O) groups is 1. The minimum Gasteiger partial charge on any atom is -0.488 e. The summed E-state index contributed by atoms with van der Waals surface area (Å²) in [5.74, 6) is -0.238. The Kier molecular flexibility index (Phi) is 5.89. The molecule has 0 radical (unpaired) electrons. The lowest BCUT2D eigenvalue weighted by atomic mass is 10.1. The Bertz CT molecular complexity index is 1040. The fraction of sp³-hybridized carbons (Fsp3) is 0.182. The lowest BCUT2D eigenvalue weighted by Gasteiger charge is -2.12. The molecule has 1 heterocycles. The molecule has 0 bridgehead atoms. The van der Waals surface area contributed by atoms with Crippen molar-refractivity contribution < 1.29 is 13.9 Å². The van der Waals surface area contributed by atoms with Gasteiger partial charge >= 0.3 is 0 Å². The average Bonchev–Trinajstić information content (AvgIpc) is 2.67. The standard InChI is InChI=1S/C22H21FN2O3/c1-14-11-15(2)25-22(27)19(14)12-24-21(26)18-5-3-4-6-20(18)28-13-16-7-9-17(23)10-8-16/h3-11H,12-13H2,1-2H3,(H,24,26)(H,25,27). The van der Waals surface area contributed by atoms with Gasteiger partial charge in [-0.15, -0.1) is 0 Å². The highest BCUT2D eigenvalue weighted by Gasteiger charge is 2.14. The van der Waals surface area contributed by atoms with Crippen LogP contribution in [0.15, 0.2) is 59.4 Å². The summed E-state index contributed by atoms with van der Waals surface area (Å²) in [5.41, 5.74) is 3.06. The molecule has 0 atom stereocenters. The lowest BCUT2D eigenvalue weighted by molar-refractivity contribution is 0.0946. The van der Waals surface area contributed by atoms with Crippen molar-refractivity contribution in [1.82, 2.24) is 10.3 Å². The van der Waals surface area contributed by atoms with Gasteiger partial charge in [0.2, 0.25) is 0 Å². The molecule has 0 saturated heterocycles. The molecule has 2 N–H and O–H groups in total. The first-order valence-corrected chi connectivity index (χ1v) is 8.88. The number of aromatic amines is 1. The number of carbonyl (C=O) groups excluding carboxylic acids is 1. The molecule has 0 fully saturated rings. The van der Waals surface area contributed by atoms with Gasteiger partial charge in [-0.25, -0.2) is 4.39 Å². The zero-order valence-electron chi connectivity index (χ0n) is 15.7. The Morgan fingerprint density at radius 1 is 1.11 bits per heavy atom. The van der Waals surface area contributed by atoms with Crippen molar-refractivity contribution in [2.24, 2.45) is 0 Å². The van der Waals surface area contributed by atoms with E-state index in [0.29, 0.717) is 16.9 Å². The van der Waals surface area contributed by atoms with Gasteiger partial charge < -0.3 is 15.0 Å². The molecular formula is C22H21FN2O3. The molecule has 3 aromatic rings. The molecule has 0 saturated carbocycles. The van der Waals surface area contributed by atoms with E-state index in [9.17, 15) is 14.0 Å². The molecule has 1 aromatic heterocycles. The summed E-state index contributed by atoms with van der Waals surface area (Å²) < 4.78 is 18.8. The summed E-state index contributed by atoms with van der Waals surface area (Å²) >= 11 is 0. The number of aromatic nitrogens is 1. The number of hydrogen-bond donors (Lipinski definition) is 2. The second-order valence-corrected chi connectivity index (χ2v) is 6.54. The molecule has 3 rings (SSSR count). The van der Waals surface area contributed by atoms with Gasteiger partial charge in [-0.05, 0) is 55.3 Å². The Morgan fingerprint density at radius 3 is 2.54 bits per heavy atom. The third-order valence-electron chi connectivity index (χ3n) is 4.36. The summed E-state index contributed by atoms with van der Waals surface area (Å²) in [7, 11) is 0. The fourth-order valence-corrected chi connectivity index (χ4v) is 2.89. The lowest BCUT2D eigenvalue weighted by Crippen LogP contribution is -2.28. The molecule has 0 aliphatic heterocycles.